The number of amides is 1. The van der Waals surface area contributed by atoms with Crippen LogP contribution in [0.3, 0.4) is 0 Å². The zero-order chi connectivity index (χ0) is 28.2. The van der Waals surface area contributed by atoms with Gasteiger partial charge in [-0.05, 0) is 43.9 Å². The Kier molecular flexibility index (Phi) is 8.94. The van der Waals surface area contributed by atoms with Crippen molar-refractivity contribution in [2.75, 3.05) is 31.2 Å². The Labute approximate surface area is 223 Å². The quantitative estimate of drug-likeness (QED) is 0.355. The molecular weight excluding hydrogens is 520 g/mol. The van der Waals surface area contributed by atoms with Crippen molar-refractivity contribution in [1.29, 1.82) is 0 Å². The average molecular weight is 553 g/mol. The third-order valence-corrected chi connectivity index (χ3v) is 6.86. The molecule has 2 aliphatic rings. The second-order valence-electron chi connectivity index (χ2n) is 9.86. The highest BCUT2D eigenvalue weighted by Crippen LogP contribution is 2.42. The number of carbonyl (C=O) groups excluding carboxylic acids is 2. The molecule has 1 aliphatic heterocycles. The molecule has 12 heteroatoms. The standard InChI is InChI=1S/C27H32F4N4O4/c1-2-38-22(36)6-10-39-26-23(16-11-17(28)13-18(29)12-16)24(35-9-5-19(32)15-35)21(14-33-26)25(37)34-20-3-7-27(30,31)8-4-20/h11-14,19-20H,2-10,15,32H2,1H3,(H,34,37)/t19-/m0/s1. The monoisotopic (exact) mass is 552 g/mol. The lowest BCUT2D eigenvalue weighted by Crippen LogP contribution is -2.41. The number of benzene rings is 1. The molecule has 212 valence electrons. The van der Waals surface area contributed by atoms with Crippen molar-refractivity contribution in [3.05, 3.63) is 41.6 Å². The van der Waals surface area contributed by atoms with Gasteiger partial charge in [0.05, 0.1) is 29.8 Å². The maximum Gasteiger partial charge on any atom is 0.309 e. The van der Waals surface area contributed by atoms with Crippen molar-refractivity contribution in [2.45, 2.75) is 63.5 Å². The van der Waals surface area contributed by atoms with Crippen LogP contribution < -0.4 is 20.7 Å². The zero-order valence-corrected chi connectivity index (χ0v) is 21.7. The molecule has 1 saturated carbocycles. The van der Waals surface area contributed by atoms with Crippen molar-refractivity contribution in [3.63, 3.8) is 0 Å². The maximum absolute atomic E-state index is 14.4. The van der Waals surface area contributed by atoms with Gasteiger partial charge in [0, 0.05) is 50.3 Å². The predicted octanol–water partition coefficient (Wildman–Crippen LogP) is 4.20. The first kappa shape index (κ1) is 28.6. The topological polar surface area (TPSA) is 107 Å². The number of halogens is 4. The SMILES string of the molecule is CCOC(=O)CCOc1ncc(C(=O)NC2CCC(F)(F)CC2)c(N2CC[C@H](N)C2)c1-c1cc(F)cc(F)c1. The predicted molar refractivity (Wildman–Crippen MR) is 136 cm³/mol. The van der Waals surface area contributed by atoms with Crippen LogP contribution in [-0.2, 0) is 9.53 Å². The van der Waals surface area contributed by atoms with E-state index in [1.807, 2.05) is 4.90 Å². The van der Waals surface area contributed by atoms with Crippen LogP contribution in [0.2, 0.25) is 0 Å². The van der Waals surface area contributed by atoms with E-state index in [0.717, 1.165) is 18.2 Å². The van der Waals surface area contributed by atoms with Crippen LogP contribution >= 0.6 is 0 Å². The number of hydrogen-bond acceptors (Lipinski definition) is 7. The molecule has 1 aromatic heterocycles. The van der Waals surface area contributed by atoms with Gasteiger partial charge in [0.25, 0.3) is 5.91 Å². The highest BCUT2D eigenvalue weighted by Gasteiger charge is 2.36. The Balaban J connectivity index is 1.75. The first-order valence-corrected chi connectivity index (χ1v) is 13.0. The molecule has 2 heterocycles. The van der Waals surface area contributed by atoms with E-state index in [4.69, 9.17) is 15.2 Å². The van der Waals surface area contributed by atoms with Gasteiger partial charge in [0.2, 0.25) is 11.8 Å². The van der Waals surface area contributed by atoms with Gasteiger partial charge in [-0.15, -0.1) is 0 Å². The lowest BCUT2D eigenvalue weighted by atomic mass is 9.92. The van der Waals surface area contributed by atoms with Crippen molar-refractivity contribution in [1.82, 2.24) is 10.3 Å². The molecule has 1 saturated heterocycles. The Morgan fingerprint density at radius 1 is 1.15 bits per heavy atom. The summed E-state index contributed by atoms with van der Waals surface area (Å²) < 4.78 is 66.7. The Morgan fingerprint density at radius 3 is 2.46 bits per heavy atom. The minimum atomic E-state index is -2.75. The van der Waals surface area contributed by atoms with E-state index in [1.54, 1.807) is 6.92 Å². The fourth-order valence-corrected chi connectivity index (χ4v) is 4.95. The van der Waals surface area contributed by atoms with Crippen LogP contribution in [-0.4, -0.2) is 61.2 Å². The Morgan fingerprint density at radius 2 is 1.85 bits per heavy atom. The normalized spacial score (nSPS) is 19.1. The molecule has 8 nitrogen and oxygen atoms in total. The van der Waals surface area contributed by atoms with Crippen molar-refractivity contribution < 1.29 is 36.6 Å². The molecule has 1 atom stereocenters. The van der Waals surface area contributed by atoms with Gasteiger partial charge < -0.3 is 25.4 Å². The number of nitrogens with two attached hydrogens (primary N) is 1. The lowest BCUT2D eigenvalue weighted by molar-refractivity contribution is -0.143. The molecule has 3 N–H and O–H groups in total. The summed E-state index contributed by atoms with van der Waals surface area (Å²) in [5, 5.41) is 2.82. The van der Waals surface area contributed by atoms with E-state index in [1.165, 1.54) is 6.20 Å². The van der Waals surface area contributed by atoms with Crippen molar-refractivity contribution in [3.8, 4) is 17.0 Å². The number of carbonyl (C=O) groups is 2. The van der Waals surface area contributed by atoms with Crippen LogP contribution in [0.15, 0.2) is 24.4 Å². The molecule has 1 aromatic carbocycles. The number of ether oxygens (including phenoxy) is 2. The maximum atomic E-state index is 14.4. The third kappa shape index (κ3) is 7.17. The van der Waals surface area contributed by atoms with E-state index in [2.05, 4.69) is 10.3 Å². The minimum Gasteiger partial charge on any atom is -0.477 e. The molecule has 0 bridgehead atoms. The second-order valence-corrected chi connectivity index (χ2v) is 9.86. The number of nitrogens with one attached hydrogen (secondary N) is 1. The smallest absolute Gasteiger partial charge is 0.309 e. The summed E-state index contributed by atoms with van der Waals surface area (Å²) in [6.07, 6.45) is 1.38. The van der Waals surface area contributed by atoms with Gasteiger partial charge in [0.1, 0.15) is 18.2 Å². The summed E-state index contributed by atoms with van der Waals surface area (Å²) in [5.74, 6) is -5.51. The fourth-order valence-electron chi connectivity index (χ4n) is 4.95. The van der Waals surface area contributed by atoms with Crippen LogP contribution in [0, 0.1) is 11.6 Å². The number of pyridine rings is 1. The number of anilines is 1. The molecule has 39 heavy (non-hydrogen) atoms. The molecule has 2 fully saturated rings. The Hall–Kier alpha value is -3.41. The van der Waals surface area contributed by atoms with Crippen LogP contribution in [0.5, 0.6) is 5.88 Å². The summed E-state index contributed by atoms with van der Waals surface area (Å²) in [7, 11) is 0. The molecule has 1 amide bonds. The average Bonchev–Trinajstić information content (AvgIpc) is 3.30. The van der Waals surface area contributed by atoms with E-state index in [0.29, 0.717) is 25.2 Å². The van der Waals surface area contributed by atoms with E-state index < -0.39 is 35.5 Å². The zero-order valence-electron chi connectivity index (χ0n) is 21.7. The molecule has 4 rings (SSSR count). The van der Waals surface area contributed by atoms with Gasteiger partial charge in [-0.2, -0.15) is 0 Å². The number of alkyl halides is 2. The van der Waals surface area contributed by atoms with E-state index in [-0.39, 0.29) is 73.9 Å². The van der Waals surface area contributed by atoms with E-state index in [9.17, 15) is 27.2 Å². The first-order valence-electron chi connectivity index (χ1n) is 13.0. The summed E-state index contributed by atoms with van der Waals surface area (Å²) in [4.78, 5) is 31.4. The van der Waals surface area contributed by atoms with Gasteiger partial charge in [-0.1, -0.05) is 0 Å². The number of hydrogen-bond donors (Lipinski definition) is 2. The molecule has 0 spiro atoms. The molecule has 2 aromatic rings. The Bertz CT molecular complexity index is 1180. The molecule has 0 unspecified atom stereocenters. The van der Waals surface area contributed by atoms with Crippen LogP contribution in [0.4, 0.5) is 23.2 Å². The highest BCUT2D eigenvalue weighted by atomic mass is 19.3. The van der Waals surface area contributed by atoms with Crippen molar-refractivity contribution in [2.24, 2.45) is 5.73 Å². The van der Waals surface area contributed by atoms with Crippen LogP contribution in [0.1, 0.15) is 55.8 Å². The van der Waals surface area contributed by atoms with Gasteiger partial charge in [-0.3, -0.25) is 9.59 Å². The number of aromatic nitrogens is 1. The summed E-state index contributed by atoms with van der Waals surface area (Å²) in [5.41, 5.74) is 6.80. The second kappa shape index (κ2) is 12.2. The van der Waals surface area contributed by atoms with Crippen LogP contribution in [0.25, 0.3) is 11.1 Å². The summed E-state index contributed by atoms with van der Waals surface area (Å²) in [6, 6.07) is 2.26. The largest absolute Gasteiger partial charge is 0.477 e. The summed E-state index contributed by atoms with van der Waals surface area (Å²) in [6.45, 7) is 2.55. The van der Waals surface area contributed by atoms with Crippen molar-refractivity contribution >= 4 is 17.6 Å². The summed E-state index contributed by atoms with van der Waals surface area (Å²) >= 11 is 0. The van der Waals surface area contributed by atoms with Gasteiger partial charge >= 0.3 is 5.97 Å². The number of esters is 1. The lowest BCUT2D eigenvalue weighted by Gasteiger charge is -2.30. The van der Waals surface area contributed by atoms with Gasteiger partial charge in [-0.25, -0.2) is 22.5 Å². The first-order chi connectivity index (χ1) is 18.6. The number of rotatable bonds is 9. The fraction of sp³-hybridized carbons (Fsp3) is 0.519. The third-order valence-electron chi connectivity index (χ3n) is 6.86. The highest BCUT2D eigenvalue weighted by molar-refractivity contribution is 6.04. The van der Waals surface area contributed by atoms with Gasteiger partial charge in [0.15, 0.2) is 0 Å². The molecule has 1 aliphatic carbocycles. The molecule has 0 radical (unpaired) electrons. The van der Waals surface area contributed by atoms with E-state index >= 15 is 0 Å². The molecular formula is C27H32F4N4O4. The number of nitrogens with zero attached hydrogens (tertiary/aromatic N) is 2. The minimum absolute atomic E-state index is 0.0337.